The maximum atomic E-state index is 5.59. The van der Waals surface area contributed by atoms with Crippen LogP contribution in [0, 0.1) is 6.92 Å². The van der Waals surface area contributed by atoms with Crippen molar-refractivity contribution >= 4 is 0 Å². The predicted octanol–water partition coefficient (Wildman–Crippen LogP) is 2.07. The maximum absolute atomic E-state index is 5.59. The molecule has 0 amide bonds. The number of methoxy groups -OCH3 is 1. The standard InChI is InChI=1S/C11H17NO/c1-8-4-5-10(9(2)7-12)6-11(8)13-3/h4-6,9H,7,12H2,1-3H3. The van der Waals surface area contributed by atoms with E-state index in [1.54, 1.807) is 7.11 Å². The molecule has 0 spiro atoms. The van der Waals surface area contributed by atoms with Crippen LogP contribution in [0.2, 0.25) is 0 Å². The first-order chi connectivity index (χ1) is 6.19. The molecule has 0 fully saturated rings. The van der Waals surface area contributed by atoms with Gasteiger partial charge in [-0.1, -0.05) is 19.1 Å². The highest BCUT2D eigenvalue weighted by Crippen LogP contribution is 2.23. The highest BCUT2D eigenvalue weighted by molar-refractivity contribution is 5.37. The Morgan fingerprint density at radius 1 is 1.46 bits per heavy atom. The van der Waals surface area contributed by atoms with E-state index >= 15 is 0 Å². The molecule has 1 unspecified atom stereocenters. The summed E-state index contributed by atoms with van der Waals surface area (Å²) in [5.41, 5.74) is 8.00. The lowest BCUT2D eigenvalue weighted by Crippen LogP contribution is -2.08. The molecule has 72 valence electrons. The predicted molar refractivity (Wildman–Crippen MR) is 55.2 cm³/mol. The monoisotopic (exact) mass is 179 g/mol. The molecule has 2 N–H and O–H groups in total. The van der Waals surface area contributed by atoms with Crippen LogP contribution in [-0.4, -0.2) is 13.7 Å². The molecule has 0 bridgehead atoms. The number of hydrogen-bond acceptors (Lipinski definition) is 2. The van der Waals surface area contributed by atoms with Crippen LogP contribution in [0.4, 0.5) is 0 Å². The smallest absolute Gasteiger partial charge is 0.122 e. The number of hydrogen-bond donors (Lipinski definition) is 1. The van der Waals surface area contributed by atoms with Crippen LogP contribution >= 0.6 is 0 Å². The Balaban J connectivity index is 2.99. The normalized spacial score (nSPS) is 12.6. The average Bonchev–Trinajstić information content (AvgIpc) is 2.17. The first-order valence-electron chi connectivity index (χ1n) is 4.53. The summed E-state index contributed by atoms with van der Waals surface area (Å²) in [6.45, 7) is 4.83. The van der Waals surface area contributed by atoms with E-state index in [2.05, 4.69) is 25.1 Å². The van der Waals surface area contributed by atoms with E-state index < -0.39 is 0 Å². The minimum Gasteiger partial charge on any atom is -0.496 e. The average molecular weight is 179 g/mol. The second-order valence-electron chi connectivity index (χ2n) is 3.37. The van der Waals surface area contributed by atoms with Crippen LogP contribution in [0.25, 0.3) is 0 Å². The first-order valence-corrected chi connectivity index (χ1v) is 4.53. The van der Waals surface area contributed by atoms with Gasteiger partial charge in [0.25, 0.3) is 0 Å². The van der Waals surface area contributed by atoms with Gasteiger partial charge in [0.2, 0.25) is 0 Å². The van der Waals surface area contributed by atoms with Gasteiger partial charge >= 0.3 is 0 Å². The third kappa shape index (κ3) is 2.22. The van der Waals surface area contributed by atoms with Crippen molar-refractivity contribution in [1.29, 1.82) is 0 Å². The van der Waals surface area contributed by atoms with E-state index in [-0.39, 0.29) is 0 Å². The van der Waals surface area contributed by atoms with Gasteiger partial charge in [0, 0.05) is 0 Å². The van der Waals surface area contributed by atoms with E-state index in [0.717, 1.165) is 11.3 Å². The SMILES string of the molecule is COc1cc(C(C)CN)ccc1C. The van der Waals surface area contributed by atoms with Gasteiger partial charge in [0.15, 0.2) is 0 Å². The van der Waals surface area contributed by atoms with Crippen LogP contribution in [0.3, 0.4) is 0 Å². The summed E-state index contributed by atoms with van der Waals surface area (Å²) in [5.74, 6) is 1.34. The highest BCUT2D eigenvalue weighted by Gasteiger charge is 2.05. The van der Waals surface area contributed by atoms with Crippen molar-refractivity contribution in [2.45, 2.75) is 19.8 Å². The molecule has 1 atom stereocenters. The van der Waals surface area contributed by atoms with Crippen molar-refractivity contribution < 1.29 is 4.74 Å². The van der Waals surface area contributed by atoms with E-state index in [0.29, 0.717) is 12.5 Å². The molecule has 1 aromatic carbocycles. The van der Waals surface area contributed by atoms with Crippen molar-refractivity contribution in [2.75, 3.05) is 13.7 Å². The number of rotatable bonds is 3. The Labute approximate surface area is 79.7 Å². The number of benzene rings is 1. The number of ether oxygens (including phenoxy) is 1. The molecule has 0 saturated carbocycles. The number of aryl methyl sites for hydroxylation is 1. The summed E-state index contributed by atoms with van der Waals surface area (Å²) in [4.78, 5) is 0. The third-order valence-electron chi connectivity index (χ3n) is 2.35. The van der Waals surface area contributed by atoms with Crippen molar-refractivity contribution in [3.63, 3.8) is 0 Å². The lowest BCUT2D eigenvalue weighted by molar-refractivity contribution is 0.411. The molecule has 0 aliphatic rings. The fourth-order valence-corrected chi connectivity index (χ4v) is 1.28. The molecular formula is C11H17NO. The molecule has 1 aromatic rings. The minimum absolute atomic E-state index is 0.398. The molecule has 0 saturated heterocycles. The second kappa shape index (κ2) is 4.28. The Morgan fingerprint density at radius 2 is 2.15 bits per heavy atom. The van der Waals surface area contributed by atoms with Crippen molar-refractivity contribution in [1.82, 2.24) is 0 Å². The van der Waals surface area contributed by atoms with Crippen molar-refractivity contribution in [3.05, 3.63) is 29.3 Å². The third-order valence-corrected chi connectivity index (χ3v) is 2.35. The quantitative estimate of drug-likeness (QED) is 0.771. The van der Waals surface area contributed by atoms with Gasteiger partial charge in [-0.15, -0.1) is 0 Å². The minimum atomic E-state index is 0.398. The van der Waals surface area contributed by atoms with Gasteiger partial charge in [-0.3, -0.25) is 0 Å². The van der Waals surface area contributed by atoms with Gasteiger partial charge in [-0.2, -0.15) is 0 Å². The Kier molecular flexibility index (Phi) is 3.32. The van der Waals surface area contributed by atoms with Gasteiger partial charge in [0.05, 0.1) is 7.11 Å². The molecule has 2 heteroatoms. The molecule has 0 heterocycles. The summed E-state index contributed by atoms with van der Waals surface area (Å²) in [6.07, 6.45) is 0. The molecule has 13 heavy (non-hydrogen) atoms. The maximum Gasteiger partial charge on any atom is 0.122 e. The lowest BCUT2D eigenvalue weighted by atomic mass is 10.00. The van der Waals surface area contributed by atoms with E-state index in [1.807, 2.05) is 6.92 Å². The fourth-order valence-electron chi connectivity index (χ4n) is 1.28. The Morgan fingerprint density at radius 3 is 2.69 bits per heavy atom. The van der Waals surface area contributed by atoms with Crippen LogP contribution in [0.5, 0.6) is 5.75 Å². The topological polar surface area (TPSA) is 35.2 Å². The molecule has 2 nitrogen and oxygen atoms in total. The molecule has 0 aromatic heterocycles. The zero-order valence-electron chi connectivity index (χ0n) is 8.50. The zero-order valence-corrected chi connectivity index (χ0v) is 8.50. The zero-order chi connectivity index (χ0) is 9.84. The van der Waals surface area contributed by atoms with Gasteiger partial charge in [-0.25, -0.2) is 0 Å². The van der Waals surface area contributed by atoms with E-state index in [1.165, 1.54) is 5.56 Å². The second-order valence-corrected chi connectivity index (χ2v) is 3.37. The summed E-state index contributed by atoms with van der Waals surface area (Å²) in [6, 6.07) is 6.24. The van der Waals surface area contributed by atoms with Crippen LogP contribution in [-0.2, 0) is 0 Å². The van der Waals surface area contributed by atoms with Crippen molar-refractivity contribution in [3.8, 4) is 5.75 Å². The Bertz CT molecular complexity index is 283. The fraction of sp³-hybridized carbons (Fsp3) is 0.455. The number of nitrogens with two attached hydrogens (primary N) is 1. The first kappa shape index (κ1) is 10.1. The van der Waals surface area contributed by atoms with Gasteiger partial charge in [-0.05, 0) is 36.6 Å². The van der Waals surface area contributed by atoms with Crippen LogP contribution in [0.1, 0.15) is 24.0 Å². The van der Waals surface area contributed by atoms with E-state index in [4.69, 9.17) is 10.5 Å². The molecule has 0 aliphatic carbocycles. The molecule has 1 rings (SSSR count). The molecule has 0 radical (unpaired) electrons. The summed E-state index contributed by atoms with van der Waals surface area (Å²) >= 11 is 0. The molecular weight excluding hydrogens is 162 g/mol. The van der Waals surface area contributed by atoms with Gasteiger partial charge in [0.1, 0.15) is 5.75 Å². The van der Waals surface area contributed by atoms with Crippen LogP contribution in [0.15, 0.2) is 18.2 Å². The van der Waals surface area contributed by atoms with Gasteiger partial charge < -0.3 is 10.5 Å². The highest BCUT2D eigenvalue weighted by atomic mass is 16.5. The van der Waals surface area contributed by atoms with E-state index in [9.17, 15) is 0 Å². The lowest BCUT2D eigenvalue weighted by Gasteiger charge is -2.11. The Hall–Kier alpha value is -1.02. The van der Waals surface area contributed by atoms with Crippen molar-refractivity contribution in [2.24, 2.45) is 5.73 Å². The summed E-state index contributed by atoms with van der Waals surface area (Å²) in [5, 5.41) is 0. The summed E-state index contributed by atoms with van der Waals surface area (Å²) < 4.78 is 5.24. The largest absolute Gasteiger partial charge is 0.496 e. The molecule has 0 aliphatic heterocycles. The van der Waals surface area contributed by atoms with Crippen LogP contribution < -0.4 is 10.5 Å². The summed E-state index contributed by atoms with van der Waals surface area (Å²) in [7, 11) is 1.69.